The Hall–Kier alpha value is -0.790. The molecule has 0 aliphatic rings. The second-order valence-corrected chi connectivity index (χ2v) is 6.09. The molecule has 0 radical (unpaired) electrons. The summed E-state index contributed by atoms with van der Waals surface area (Å²) in [5.41, 5.74) is -0.0943. The topological polar surface area (TPSA) is 26.3 Å². The van der Waals surface area contributed by atoms with E-state index in [0.29, 0.717) is 11.5 Å². The van der Waals surface area contributed by atoms with E-state index in [9.17, 15) is 4.79 Å². The van der Waals surface area contributed by atoms with Gasteiger partial charge >= 0.3 is 5.97 Å². The summed E-state index contributed by atoms with van der Waals surface area (Å²) >= 11 is 0. The van der Waals surface area contributed by atoms with Crippen molar-refractivity contribution in [2.24, 2.45) is 11.3 Å². The maximum absolute atomic E-state index is 11.7. The molecule has 0 saturated heterocycles. The maximum atomic E-state index is 11.7. The summed E-state index contributed by atoms with van der Waals surface area (Å²) in [5, 5.41) is 0. The summed E-state index contributed by atoms with van der Waals surface area (Å²) in [6.07, 6.45) is 2.29. The summed E-state index contributed by atoms with van der Waals surface area (Å²) in [4.78, 5) is 11.7. The lowest BCUT2D eigenvalue weighted by Crippen LogP contribution is -2.47. The second-order valence-electron chi connectivity index (χ2n) is 6.09. The van der Waals surface area contributed by atoms with E-state index in [1.165, 1.54) is 0 Å². The fourth-order valence-corrected chi connectivity index (χ4v) is 1.84. The number of hydrogen-bond donors (Lipinski definition) is 0. The third-order valence-electron chi connectivity index (χ3n) is 4.20. The van der Waals surface area contributed by atoms with Gasteiger partial charge in [0.2, 0.25) is 0 Å². The van der Waals surface area contributed by atoms with Gasteiger partial charge in [-0.2, -0.15) is 0 Å². The van der Waals surface area contributed by atoms with Gasteiger partial charge in [0.05, 0.1) is 0 Å². The number of ether oxygens (including phenoxy) is 1. The van der Waals surface area contributed by atoms with Gasteiger partial charge < -0.3 is 4.74 Å². The Morgan fingerprint density at radius 1 is 1.29 bits per heavy atom. The van der Waals surface area contributed by atoms with Crippen molar-refractivity contribution in [2.45, 2.75) is 66.9 Å². The van der Waals surface area contributed by atoms with Crippen LogP contribution < -0.4 is 0 Å². The van der Waals surface area contributed by atoms with E-state index in [2.05, 4.69) is 34.3 Å². The van der Waals surface area contributed by atoms with Crippen LogP contribution in [-0.4, -0.2) is 11.6 Å². The molecule has 0 bridgehead atoms. The zero-order chi connectivity index (χ0) is 13.9. The third-order valence-corrected chi connectivity index (χ3v) is 4.20. The monoisotopic (exact) mass is 240 g/mol. The fourth-order valence-electron chi connectivity index (χ4n) is 1.84. The predicted molar refractivity (Wildman–Crippen MR) is 72.8 cm³/mol. The van der Waals surface area contributed by atoms with Crippen molar-refractivity contribution in [3.05, 3.63) is 12.2 Å². The Balaban J connectivity index is 4.89. The largest absolute Gasteiger partial charge is 0.456 e. The molecule has 0 saturated carbocycles. The SMILES string of the molecule is C=C(C)C(=O)OC(C)(C)C(C)(C)C(C)CCC. The first-order valence-corrected chi connectivity index (χ1v) is 6.45. The molecular weight excluding hydrogens is 212 g/mol. The van der Waals surface area contributed by atoms with Crippen molar-refractivity contribution >= 4 is 5.97 Å². The van der Waals surface area contributed by atoms with Crippen LogP contribution in [0, 0.1) is 11.3 Å². The van der Waals surface area contributed by atoms with E-state index in [1.807, 2.05) is 13.8 Å². The van der Waals surface area contributed by atoms with Crippen molar-refractivity contribution in [3.8, 4) is 0 Å². The van der Waals surface area contributed by atoms with E-state index in [-0.39, 0.29) is 11.4 Å². The highest BCUT2D eigenvalue weighted by Gasteiger charge is 2.43. The molecule has 17 heavy (non-hydrogen) atoms. The third kappa shape index (κ3) is 3.86. The van der Waals surface area contributed by atoms with Crippen LogP contribution in [-0.2, 0) is 9.53 Å². The summed E-state index contributed by atoms with van der Waals surface area (Å²) in [5.74, 6) is 0.201. The molecule has 0 rings (SSSR count). The van der Waals surface area contributed by atoms with Gasteiger partial charge in [-0.15, -0.1) is 0 Å². The van der Waals surface area contributed by atoms with Crippen molar-refractivity contribution in [1.29, 1.82) is 0 Å². The van der Waals surface area contributed by atoms with Gasteiger partial charge in [0.15, 0.2) is 0 Å². The van der Waals surface area contributed by atoms with Gasteiger partial charge in [0.25, 0.3) is 0 Å². The molecule has 100 valence electrons. The van der Waals surface area contributed by atoms with Crippen LogP contribution in [0.4, 0.5) is 0 Å². The lowest BCUT2D eigenvalue weighted by molar-refractivity contribution is -0.168. The minimum Gasteiger partial charge on any atom is -0.456 e. The van der Waals surface area contributed by atoms with Gasteiger partial charge in [0, 0.05) is 11.0 Å². The van der Waals surface area contributed by atoms with Crippen LogP contribution >= 0.6 is 0 Å². The molecule has 0 aromatic carbocycles. The van der Waals surface area contributed by atoms with Crippen LogP contribution in [0.15, 0.2) is 12.2 Å². The van der Waals surface area contributed by atoms with Crippen LogP contribution in [0.5, 0.6) is 0 Å². The van der Waals surface area contributed by atoms with Crippen molar-refractivity contribution in [3.63, 3.8) is 0 Å². The predicted octanol–water partition coefficient (Wildman–Crippen LogP) is 4.35. The Morgan fingerprint density at radius 2 is 1.76 bits per heavy atom. The first-order valence-electron chi connectivity index (χ1n) is 6.45. The Labute approximate surface area is 106 Å². The zero-order valence-electron chi connectivity index (χ0n) is 12.5. The first-order chi connectivity index (χ1) is 7.56. The quantitative estimate of drug-likeness (QED) is 0.510. The Kier molecular flexibility index (Phi) is 5.44. The summed E-state index contributed by atoms with van der Waals surface area (Å²) < 4.78 is 5.59. The van der Waals surface area contributed by atoms with Crippen molar-refractivity contribution in [1.82, 2.24) is 0 Å². The van der Waals surface area contributed by atoms with Gasteiger partial charge in [0.1, 0.15) is 5.60 Å². The molecule has 0 spiro atoms. The molecular formula is C15H28O2. The normalized spacial score (nSPS) is 14.3. The van der Waals surface area contributed by atoms with Crippen LogP contribution in [0.1, 0.15) is 61.3 Å². The highest BCUT2D eigenvalue weighted by molar-refractivity contribution is 5.87. The van der Waals surface area contributed by atoms with Crippen LogP contribution in [0.3, 0.4) is 0 Å². The molecule has 0 N–H and O–H groups in total. The van der Waals surface area contributed by atoms with E-state index in [4.69, 9.17) is 4.74 Å². The van der Waals surface area contributed by atoms with Crippen molar-refractivity contribution < 1.29 is 9.53 Å². The second kappa shape index (κ2) is 5.70. The van der Waals surface area contributed by atoms with E-state index in [1.54, 1.807) is 6.92 Å². The Bertz CT molecular complexity index is 287. The lowest BCUT2D eigenvalue weighted by atomic mass is 9.67. The molecule has 0 aromatic heterocycles. The van der Waals surface area contributed by atoms with Crippen molar-refractivity contribution in [2.75, 3.05) is 0 Å². The number of hydrogen-bond acceptors (Lipinski definition) is 2. The average Bonchev–Trinajstić information content (AvgIpc) is 2.16. The minimum absolute atomic E-state index is 0.0614. The van der Waals surface area contributed by atoms with Gasteiger partial charge in [-0.05, 0) is 26.7 Å². The average molecular weight is 240 g/mol. The van der Waals surface area contributed by atoms with Crippen LogP contribution in [0.2, 0.25) is 0 Å². The molecule has 2 heteroatoms. The van der Waals surface area contributed by atoms with E-state index in [0.717, 1.165) is 12.8 Å². The molecule has 1 atom stereocenters. The first kappa shape index (κ1) is 16.2. The maximum Gasteiger partial charge on any atom is 0.333 e. The minimum atomic E-state index is -0.488. The van der Waals surface area contributed by atoms with Crippen LogP contribution in [0.25, 0.3) is 0 Å². The molecule has 0 aromatic rings. The number of carbonyl (C=O) groups is 1. The fraction of sp³-hybridized carbons (Fsp3) is 0.800. The molecule has 0 aliphatic heterocycles. The lowest BCUT2D eigenvalue weighted by Gasteiger charge is -2.45. The van der Waals surface area contributed by atoms with Gasteiger partial charge in [-0.25, -0.2) is 4.79 Å². The number of carbonyl (C=O) groups excluding carboxylic acids is 1. The van der Waals surface area contributed by atoms with E-state index < -0.39 is 5.60 Å². The molecule has 0 amide bonds. The molecule has 0 fully saturated rings. The van der Waals surface area contributed by atoms with E-state index >= 15 is 0 Å². The molecule has 0 aliphatic carbocycles. The molecule has 2 nitrogen and oxygen atoms in total. The zero-order valence-corrected chi connectivity index (χ0v) is 12.5. The standard InChI is InChI=1S/C15H28O2/c1-9-10-12(4)14(5,6)15(7,8)17-13(16)11(2)3/h12H,2,9-10H2,1,3-8H3. The number of rotatable bonds is 6. The smallest absolute Gasteiger partial charge is 0.333 e. The Morgan fingerprint density at radius 3 is 2.12 bits per heavy atom. The highest BCUT2D eigenvalue weighted by Crippen LogP contribution is 2.42. The summed E-state index contributed by atoms with van der Waals surface area (Å²) in [7, 11) is 0. The summed E-state index contributed by atoms with van der Waals surface area (Å²) in [6, 6.07) is 0. The highest BCUT2D eigenvalue weighted by atomic mass is 16.6. The van der Waals surface area contributed by atoms with Gasteiger partial charge in [-0.3, -0.25) is 0 Å². The number of esters is 1. The molecule has 0 heterocycles. The summed E-state index contributed by atoms with van der Waals surface area (Å²) in [6.45, 7) is 18.0. The van der Waals surface area contributed by atoms with Gasteiger partial charge in [-0.1, -0.05) is 47.1 Å². The molecule has 1 unspecified atom stereocenters.